The summed E-state index contributed by atoms with van der Waals surface area (Å²) in [6, 6.07) is 11.6. The average molecular weight is 555 g/mol. The first kappa shape index (κ1) is 25.6. The van der Waals surface area contributed by atoms with Crippen molar-refractivity contribution in [3.8, 4) is 28.7 Å². The van der Waals surface area contributed by atoms with Gasteiger partial charge in [-0.3, -0.25) is 9.88 Å². The van der Waals surface area contributed by atoms with E-state index in [4.69, 9.17) is 37.4 Å². The van der Waals surface area contributed by atoms with Gasteiger partial charge in [0.2, 0.25) is 0 Å². The van der Waals surface area contributed by atoms with Crippen LogP contribution < -0.4 is 14.8 Å². The molecule has 0 bridgehead atoms. The Labute approximate surface area is 229 Å². The van der Waals surface area contributed by atoms with E-state index in [0.717, 1.165) is 54.9 Å². The number of hydrogen-bond donors (Lipinski definition) is 1. The minimum absolute atomic E-state index is 0.371. The second kappa shape index (κ2) is 11.1. The van der Waals surface area contributed by atoms with Crippen molar-refractivity contribution in [2.45, 2.75) is 6.54 Å². The number of nitrogens with one attached hydrogen (secondary N) is 1. The van der Waals surface area contributed by atoms with E-state index >= 15 is 0 Å². The summed E-state index contributed by atoms with van der Waals surface area (Å²) in [5, 5.41) is 16.8. The summed E-state index contributed by atoms with van der Waals surface area (Å²) in [4.78, 5) is 8.25. The molecule has 190 valence electrons. The molecule has 0 aliphatic carbocycles. The van der Waals surface area contributed by atoms with Crippen LogP contribution in [0.15, 0.2) is 41.9 Å². The van der Waals surface area contributed by atoms with E-state index in [1.807, 2.05) is 12.1 Å². The highest BCUT2D eigenvalue weighted by Crippen LogP contribution is 2.41. The number of pyridine rings is 1. The van der Waals surface area contributed by atoms with Crippen LogP contribution in [0, 0.1) is 11.3 Å². The van der Waals surface area contributed by atoms with E-state index in [1.54, 1.807) is 36.8 Å². The largest absolute Gasteiger partial charge is 0.496 e. The molecule has 1 aliphatic heterocycles. The third-order valence-corrected chi connectivity index (χ3v) is 7.79. The molecule has 0 amide bonds. The number of nitriles is 1. The quantitative estimate of drug-likeness (QED) is 0.271. The van der Waals surface area contributed by atoms with Crippen LogP contribution in [-0.4, -0.2) is 50.4 Å². The number of anilines is 2. The van der Waals surface area contributed by atoms with Gasteiger partial charge in [0.05, 0.1) is 59.9 Å². The summed E-state index contributed by atoms with van der Waals surface area (Å²) >= 11 is 14.4. The highest BCUT2D eigenvalue weighted by molar-refractivity contribution is 7.10. The number of methoxy groups -OCH3 is 2. The van der Waals surface area contributed by atoms with E-state index in [1.165, 1.54) is 12.0 Å². The second-order valence-corrected chi connectivity index (χ2v) is 10.3. The predicted molar refractivity (Wildman–Crippen MR) is 149 cm³/mol. The second-order valence-electron chi connectivity index (χ2n) is 8.51. The Morgan fingerprint density at radius 1 is 1.08 bits per heavy atom. The van der Waals surface area contributed by atoms with Gasteiger partial charge >= 0.3 is 0 Å². The maximum absolute atomic E-state index is 9.82. The smallest absolute Gasteiger partial charge is 0.139 e. The van der Waals surface area contributed by atoms with Gasteiger partial charge in [-0.05, 0) is 35.2 Å². The van der Waals surface area contributed by atoms with Gasteiger partial charge in [0.15, 0.2) is 0 Å². The van der Waals surface area contributed by atoms with Crippen LogP contribution in [0.4, 0.5) is 11.4 Å². The fourth-order valence-electron chi connectivity index (χ4n) is 4.33. The van der Waals surface area contributed by atoms with Crippen molar-refractivity contribution in [3.05, 3.63) is 62.4 Å². The maximum atomic E-state index is 9.82. The number of halogens is 2. The summed E-state index contributed by atoms with van der Waals surface area (Å²) in [5.41, 5.74) is 4.22. The molecule has 10 heteroatoms. The van der Waals surface area contributed by atoms with Crippen molar-refractivity contribution < 1.29 is 14.2 Å². The Bertz CT molecular complexity index is 1500. The van der Waals surface area contributed by atoms with Crippen LogP contribution in [0.1, 0.15) is 10.4 Å². The van der Waals surface area contributed by atoms with Gasteiger partial charge in [0.1, 0.15) is 17.6 Å². The van der Waals surface area contributed by atoms with Gasteiger partial charge in [0.25, 0.3) is 0 Å². The van der Waals surface area contributed by atoms with Crippen molar-refractivity contribution in [1.29, 1.82) is 5.26 Å². The van der Waals surface area contributed by atoms with Crippen LogP contribution >= 0.6 is 34.5 Å². The van der Waals surface area contributed by atoms with Gasteiger partial charge < -0.3 is 19.5 Å². The fourth-order valence-corrected chi connectivity index (χ4v) is 5.77. The van der Waals surface area contributed by atoms with Crippen LogP contribution in [0.3, 0.4) is 0 Å². The number of fused-ring (bicyclic) bond motifs is 1. The molecular formula is C27H24Cl2N4O3S. The summed E-state index contributed by atoms with van der Waals surface area (Å²) in [7, 11) is 3.17. The molecule has 4 aromatic rings. The molecule has 2 aromatic heterocycles. The first-order valence-electron chi connectivity index (χ1n) is 11.6. The third kappa shape index (κ3) is 5.33. The lowest BCUT2D eigenvalue weighted by Gasteiger charge is -2.25. The number of hydrogen-bond acceptors (Lipinski definition) is 8. The van der Waals surface area contributed by atoms with Crippen LogP contribution in [0.25, 0.3) is 22.0 Å². The van der Waals surface area contributed by atoms with Crippen molar-refractivity contribution in [3.63, 3.8) is 0 Å². The molecule has 37 heavy (non-hydrogen) atoms. The lowest BCUT2D eigenvalue weighted by Crippen LogP contribution is -2.35. The molecule has 1 N–H and O–H groups in total. The van der Waals surface area contributed by atoms with Crippen LogP contribution in [0.5, 0.6) is 11.5 Å². The molecule has 0 saturated carbocycles. The molecule has 1 aliphatic rings. The Kier molecular flexibility index (Phi) is 7.70. The number of benzene rings is 2. The van der Waals surface area contributed by atoms with E-state index in [0.29, 0.717) is 38.5 Å². The summed E-state index contributed by atoms with van der Waals surface area (Å²) in [5.74, 6) is 1.15. The van der Waals surface area contributed by atoms with E-state index in [9.17, 15) is 5.26 Å². The number of thiophene rings is 1. The molecule has 1 saturated heterocycles. The topological polar surface area (TPSA) is 79.6 Å². The zero-order valence-electron chi connectivity index (χ0n) is 20.3. The zero-order chi connectivity index (χ0) is 25.9. The van der Waals surface area contributed by atoms with Crippen LogP contribution in [0.2, 0.25) is 10.0 Å². The highest BCUT2D eigenvalue weighted by Gasteiger charge is 2.18. The summed E-state index contributed by atoms with van der Waals surface area (Å²) in [6.07, 6.45) is 1.56. The number of aromatic nitrogens is 1. The minimum atomic E-state index is 0.371. The van der Waals surface area contributed by atoms with Crippen LogP contribution in [-0.2, 0) is 11.3 Å². The maximum Gasteiger partial charge on any atom is 0.139 e. The lowest BCUT2D eigenvalue weighted by molar-refractivity contribution is 0.0346. The van der Waals surface area contributed by atoms with Gasteiger partial charge in [-0.15, -0.1) is 11.3 Å². The zero-order valence-corrected chi connectivity index (χ0v) is 22.6. The predicted octanol–water partition coefficient (Wildman–Crippen LogP) is 6.73. The van der Waals surface area contributed by atoms with Gasteiger partial charge in [0, 0.05) is 47.7 Å². The minimum Gasteiger partial charge on any atom is -0.496 e. The normalized spacial score (nSPS) is 13.9. The van der Waals surface area contributed by atoms with Gasteiger partial charge in [-0.2, -0.15) is 5.26 Å². The SMILES string of the molecule is COc1cc(Nc2c(C#N)cnc3cc(-c4csc(CN5CCOCC5)c4)c(OC)cc23)c(Cl)cc1Cl. The van der Waals surface area contributed by atoms with E-state index in [-0.39, 0.29) is 0 Å². The molecule has 7 nitrogen and oxygen atoms in total. The third-order valence-electron chi connectivity index (χ3n) is 6.26. The number of ether oxygens (including phenoxy) is 3. The van der Waals surface area contributed by atoms with Crippen molar-refractivity contribution in [2.24, 2.45) is 0 Å². The molecule has 5 rings (SSSR count). The van der Waals surface area contributed by atoms with Crippen molar-refractivity contribution in [2.75, 3.05) is 45.8 Å². The summed E-state index contributed by atoms with van der Waals surface area (Å²) in [6.45, 7) is 4.33. The van der Waals surface area contributed by atoms with Gasteiger partial charge in [-0.25, -0.2) is 0 Å². The number of morpholine rings is 1. The molecule has 0 unspecified atom stereocenters. The first-order chi connectivity index (χ1) is 18.0. The Morgan fingerprint density at radius 3 is 2.59 bits per heavy atom. The van der Waals surface area contributed by atoms with Crippen molar-refractivity contribution >= 4 is 56.8 Å². The molecule has 0 atom stereocenters. The molecule has 2 aromatic carbocycles. The Morgan fingerprint density at radius 2 is 1.86 bits per heavy atom. The Balaban J connectivity index is 1.54. The monoisotopic (exact) mass is 554 g/mol. The molecule has 0 radical (unpaired) electrons. The van der Waals surface area contributed by atoms with E-state index in [2.05, 4.69) is 32.7 Å². The molecule has 1 fully saturated rings. The van der Waals surface area contributed by atoms with E-state index < -0.39 is 0 Å². The average Bonchev–Trinajstić information content (AvgIpc) is 3.38. The van der Waals surface area contributed by atoms with Gasteiger partial charge in [-0.1, -0.05) is 23.2 Å². The molecular weight excluding hydrogens is 531 g/mol. The molecule has 3 heterocycles. The lowest BCUT2D eigenvalue weighted by atomic mass is 10.0. The van der Waals surface area contributed by atoms with Crippen molar-refractivity contribution in [1.82, 2.24) is 9.88 Å². The highest BCUT2D eigenvalue weighted by atomic mass is 35.5. The standard InChI is InChI=1S/C27H24Cl2N4O3S/c1-34-25-9-20-23(8-19(25)16-7-18(37-15-16)14-33-3-5-36-6-4-33)31-13-17(12-30)27(20)32-24-11-26(35-2)22(29)10-21(24)28/h7-11,13,15H,3-6,14H2,1-2H3,(H,31,32). The number of nitrogens with zero attached hydrogens (tertiary/aromatic N) is 3. The summed E-state index contributed by atoms with van der Waals surface area (Å²) < 4.78 is 16.6. The number of rotatable bonds is 7. The molecule has 0 spiro atoms. The fraction of sp³-hybridized carbons (Fsp3) is 0.259. The Hall–Kier alpha value is -3.06. The first-order valence-corrected chi connectivity index (χ1v) is 13.2.